The Morgan fingerprint density at radius 2 is 1.72 bits per heavy atom. The normalized spacial score (nSPS) is 10.6. The van der Waals surface area contributed by atoms with Gasteiger partial charge in [-0.15, -0.1) is 0 Å². The molecule has 0 radical (unpaired) electrons. The Labute approximate surface area is 167 Å². The van der Waals surface area contributed by atoms with E-state index in [1.807, 2.05) is 13.8 Å². The first-order chi connectivity index (χ1) is 14.0. The highest BCUT2D eigenvalue weighted by Crippen LogP contribution is 2.26. The molecule has 0 aliphatic rings. The summed E-state index contributed by atoms with van der Waals surface area (Å²) in [5.41, 5.74) is 6.84. The van der Waals surface area contributed by atoms with Gasteiger partial charge < -0.3 is 14.5 Å². The highest BCUT2D eigenvalue weighted by atomic mass is 19.1. The van der Waals surface area contributed by atoms with E-state index in [2.05, 4.69) is 15.8 Å². The smallest absolute Gasteiger partial charge is 0.276 e. The summed E-state index contributed by atoms with van der Waals surface area (Å²) in [6.45, 7) is 3.84. The molecule has 0 aliphatic carbocycles. The van der Waals surface area contributed by atoms with Crippen LogP contribution in [0.3, 0.4) is 0 Å². The summed E-state index contributed by atoms with van der Waals surface area (Å²) in [7, 11) is 0. The summed E-state index contributed by atoms with van der Waals surface area (Å²) in [6, 6.07) is 11.4. The summed E-state index contributed by atoms with van der Waals surface area (Å²) >= 11 is 0. The standard InChI is InChI=1S/C21H22FN3O4/c1-3-28-18-6-4-5-7-19(18)29-12-21(27)25-24-20(26)11-15-13(2)23-17-9-8-14(22)10-16(15)17/h4-10,23H,3,11-12H2,1-2H3,(H,24,26)(H,25,27). The number of nitrogens with one attached hydrogen (secondary N) is 3. The molecule has 3 N–H and O–H groups in total. The number of hydrogen-bond donors (Lipinski definition) is 3. The maximum Gasteiger partial charge on any atom is 0.276 e. The molecule has 0 spiro atoms. The van der Waals surface area contributed by atoms with E-state index in [4.69, 9.17) is 9.47 Å². The summed E-state index contributed by atoms with van der Waals surface area (Å²) in [5, 5.41) is 0.639. The lowest BCUT2D eigenvalue weighted by Gasteiger charge is -2.12. The number of hydrazine groups is 1. The Bertz CT molecular complexity index is 1030. The van der Waals surface area contributed by atoms with Crippen LogP contribution in [-0.4, -0.2) is 30.0 Å². The van der Waals surface area contributed by atoms with Gasteiger partial charge in [0.1, 0.15) is 5.82 Å². The zero-order chi connectivity index (χ0) is 20.8. The van der Waals surface area contributed by atoms with Gasteiger partial charge in [-0.2, -0.15) is 0 Å². The third kappa shape index (κ3) is 5.04. The summed E-state index contributed by atoms with van der Waals surface area (Å²) < 4.78 is 24.4. The molecule has 0 aliphatic heterocycles. The van der Waals surface area contributed by atoms with Crippen LogP contribution in [0.2, 0.25) is 0 Å². The predicted molar refractivity (Wildman–Crippen MR) is 106 cm³/mol. The van der Waals surface area contributed by atoms with Crippen LogP contribution in [0.5, 0.6) is 11.5 Å². The van der Waals surface area contributed by atoms with Crippen LogP contribution >= 0.6 is 0 Å². The molecule has 3 aromatic rings. The van der Waals surface area contributed by atoms with E-state index in [0.717, 1.165) is 11.2 Å². The minimum Gasteiger partial charge on any atom is -0.490 e. The number of para-hydroxylation sites is 2. The van der Waals surface area contributed by atoms with Crippen molar-refractivity contribution < 1.29 is 23.5 Å². The van der Waals surface area contributed by atoms with Crippen molar-refractivity contribution in [3.05, 3.63) is 59.5 Å². The van der Waals surface area contributed by atoms with Gasteiger partial charge in [-0.3, -0.25) is 20.4 Å². The lowest BCUT2D eigenvalue weighted by atomic mass is 10.1. The molecule has 0 bridgehead atoms. The molecule has 0 saturated heterocycles. The van der Waals surface area contributed by atoms with Crippen molar-refractivity contribution in [2.45, 2.75) is 20.3 Å². The molecule has 0 saturated carbocycles. The number of ether oxygens (including phenoxy) is 2. The van der Waals surface area contributed by atoms with E-state index in [-0.39, 0.29) is 18.8 Å². The second-order valence-electron chi connectivity index (χ2n) is 6.36. The van der Waals surface area contributed by atoms with Crippen LogP contribution < -0.4 is 20.3 Å². The summed E-state index contributed by atoms with van der Waals surface area (Å²) in [6.07, 6.45) is -0.0103. The van der Waals surface area contributed by atoms with Gasteiger partial charge in [0, 0.05) is 16.6 Å². The second kappa shape index (κ2) is 9.09. The maximum absolute atomic E-state index is 13.5. The fourth-order valence-corrected chi connectivity index (χ4v) is 2.95. The van der Waals surface area contributed by atoms with Gasteiger partial charge in [-0.1, -0.05) is 12.1 Å². The first-order valence-corrected chi connectivity index (χ1v) is 9.17. The number of carbonyl (C=O) groups is 2. The molecule has 1 heterocycles. The van der Waals surface area contributed by atoms with E-state index in [1.165, 1.54) is 12.1 Å². The van der Waals surface area contributed by atoms with Gasteiger partial charge in [0.25, 0.3) is 5.91 Å². The Morgan fingerprint density at radius 3 is 2.45 bits per heavy atom. The van der Waals surface area contributed by atoms with E-state index in [1.54, 1.807) is 30.3 Å². The third-order valence-electron chi connectivity index (χ3n) is 4.27. The van der Waals surface area contributed by atoms with E-state index < -0.39 is 11.8 Å². The minimum atomic E-state index is -0.522. The SMILES string of the molecule is CCOc1ccccc1OCC(=O)NNC(=O)Cc1c(C)[nH]c2ccc(F)cc12. The molecular formula is C21H22FN3O4. The molecule has 29 heavy (non-hydrogen) atoms. The number of H-pyrrole nitrogens is 1. The quantitative estimate of drug-likeness (QED) is 0.533. The number of halogens is 1. The number of amides is 2. The maximum atomic E-state index is 13.5. The van der Waals surface area contributed by atoms with Gasteiger partial charge in [-0.05, 0) is 49.7 Å². The first kappa shape index (κ1) is 20.2. The summed E-state index contributed by atoms with van der Waals surface area (Å²) in [5.74, 6) is -0.357. The van der Waals surface area contributed by atoms with Gasteiger partial charge in [0.2, 0.25) is 5.91 Å². The zero-order valence-corrected chi connectivity index (χ0v) is 16.2. The molecule has 0 atom stereocenters. The van der Waals surface area contributed by atoms with Crippen LogP contribution in [0.1, 0.15) is 18.2 Å². The zero-order valence-electron chi connectivity index (χ0n) is 16.2. The number of benzene rings is 2. The molecule has 8 heteroatoms. The van der Waals surface area contributed by atoms with E-state index in [0.29, 0.717) is 29.1 Å². The Hall–Kier alpha value is -3.55. The number of rotatable bonds is 7. The lowest BCUT2D eigenvalue weighted by Crippen LogP contribution is -2.44. The van der Waals surface area contributed by atoms with Crippen molar-refractivity contribution in [2.24, 2.45) is 0 Å². The molecule has 0 fully saturated rings. The van der Waals surface area contributed by atoms with Crippen molar-refractivity contribution in [3.8, 4) is 11.5 Å². The average molecular weight is 399 g/mol. The van der Waals surface area contributed by atoms with Crippen LogP contribution in [0.15, 0.2) is 42.5 Å². The van der Waals surface area contributed by atoms with Crippen molar-refractivity contribution in [2.75, 3.05) is 13.2 Å². The second-order valence-corrected chi connectivity index (χ2v) is 6.36. The van der Waals surface area contributed by atoms with E-state index in [9.17, 15) is 14.0 Å². The topological polar surface area (TPSA) is 92.4 Å². The van der Waals surface area contributed by atoms with E-state index >= 15 is 0 Å². The molecule has 3 rings (SSSR count). The van der Waals surface area contributed by atoms with Crippen LogP contribution in [-0.2, 0) is 16.0 Å². The number of aromatic nitrogens is 1. The molecule has 2 amide bonds. The number of aromatic amines is 1. The number of fused-ring (bicyclic) bond motifs is 1. The van der Waals surface area contributed by atoms with Crippen molar-refractivity contribution in [1.82, 2.24) is 15.8 Å². The van der Waals surface area contributed by atoms with Gasteiger partial charge >= 0.3 is 0 Å². The van der Waals surface area contributed by atoms with Crippen molar-refractivity contribution in [1.29, 1.82) is 0 Å². The van der Waals surface area contributed by atoms with Crippen molar-refractivity contribution in [3.63, 3.8) is 0 Å². The van der Waals surface area contributed by atoms with Gasteiger partial charge in [-0.25, -0.2) is 4.39 Å². The van der Waals surface area contributed by atoms with Crippen molar-refractivity contribution >= 4 is 22.7 Å². The minimum absolute atomic E-state index is 0.0103. The number of aryl methyl sites for hydroxylation is 1. The molecule has 7 nitrogen and oxygen atoms in total. The molecular weight excluding hydrogens is 377 g/mol. The van der Waals surface area contributed by atoms with Crippen LogP contribution in [0, 0.1) is 12.7 Å². The highest BCUT2D eigenvalue weighted by molar-refractivity contribution is 5.91. The third-order valence-corrected chi connectivity index (χ3v) is 4.27. The lowest BCUT2D eigenvalue weighted by molar-refractivity contribution is -0.129. The molecule has 0 unspecified atom stereocenters. The monoisotopic (exact) mass is 399 g/mol. The predicted octanol–water partition coefficient (Wildman–Crippen LogP) is 2.78. The summed E-state index contributed by atoms with van der Waals surface area (Å²) in [4.78, 5) is 27.3. The highest BCUT2D eigenvalue weighted by Gasteiger charge is 2.14. The van der Waals surface area contributed by atoms with Crippen LogP contribution in [0.25, 0.3) is 10.9 Å². The number of carbonyl (C=O) groups excluding carboxylic acids is 2. The van der Waals surface area contributed by atoms with Crippen LogP contribution in [0.4, 0.5) is 4.39 Å². The van der Waals surface area contributed by atoms with Gasteiger partial charge in [0.15, 0.2) is 18.1 Å². The van der Waals surface area contributed by atoms with Gasteiger partial charge in [0.05, 0.1) is 13.0 Å². The Morgan fingerprint density at radius 1 is 1.03 bits per heavy atom. The number of hydrogen-bond acceptors (Lipinski definition) is 4. The molecule has 1 aromatic heterocycles. The Kier molecular flexibility index (Phi) is 6.33. The molecule has 2 aromatic carbocycles. The fraction of sp³-hybridized carbons (Fsp3) is 0.238. The fourth-order valence-electron chi connectivity index (χ4n) is 2.95. The molecule has 152 valence electrons. The largest absolute Gasteiger partial charge is 0.490 e. The first-order valence-electron chi connectivity index (χ1n) is 9.17. The average Bonchev–Trinajstić information content (AvgIpc) is 3.00. The Balaban J connectivity index is 1.53.